The average molecular weight is 328 g/mol. The summed E-state index contributed by atoms with van der Waals surface area (Å²) in [7, 11) is 0. The molecule has 1 fully saturated rings. The summed E-state index contributed by atoms with van der Waals surface area (Å²) in [5, 5.41) is 0. The zero-order valence-corrected chi connectivity index (χ0v) is 15.9. The van der Waals surface area contributed by atoms with Crippen molar-refractivity contribution in [1.29, 1.82) is 0 Å². The van der Waals surface area contributed by atoms with Crippen LogP contribution in [0.1, 0.15) is 60.8 Å². The number of nitrogens with two attached hydrogens (primary N) is 1. The molecule has 1 heterocycles. The van der Waals surface area contributed by atoms with E-state index in [2.05, 4.69) is 20.8 Å². The number of carbonyl (C=O) groups excluding carboxylic acids is 1. The number of nitrogens with zero attached hydrogens (tertiary/aromatic N) is 1. The molecule has 0 radical (unpaired) electrons. The van der Waals surface area contributed by atoms with Crippen molar-refractivity contribution in [2.75, 3.05) is 26.3 Å². The molecule has 1 rings (SSSR count). The van der Waals surface area contributed by atoms with Gasteiger partial charge in [-0.25, -0.2) is 4.79 Å². The number of rotatable bonds is 5. The quantitative estimate of drug-likeness (QED) is 0.840. The molecule has 2 atom stereocenters. The van der Waals surface area contributed by atoms with Crippen molar-refractivity contribution in [3.05, 3.63) is 0 Å². The lowest BCUT2D eigenvalue weighted by Crippen LogP contribution is -2.50. The van der Waals surface area contributed by atoms with Crippen molar-refractivity contribution >= 4 is 6.09 Å². The highest BCUT2D eigenvalue weighted by Gasteiger charge is 2.32. The predicted molar refractivity (Wildman–Crippen MR) is 93.4 cm³/mol. The summed E-state index contributed by atoms with van der Waals surface area (Å²) in [6.07, 6.45) is 2.85. The Balaban J connectivity index is 2.83. The fraction of sp³-hybridized carbons (Fsp3) is 0.944. The minimum absolute atomic E-state index is 0.00391. The van der Waals surface area contributed by atoms with Crippen LogP contribution in [0.5, 0.6) is 0 Å². The van der Waals surface area contributed by atoms with Crippen LogP contribution < -0.4 is 5.73 Å². The third kappa shape index (κ3) is 8.02. The standard InChI is InChI=1S/C18H36N2O3/c1-17(2,3)13-20(16(21)23-18(4,5)6)15(11-19)10-14-8-7-9-22-12-14/h14-15H,7-13,19H2,1-6H3/t14-,15+/m0/s1. The van der Waals surface area contributed by atoms with E-state index in [-0.39, 0.29) is 17.6 Å². The Kier molecular flexibility index (Phi) is 7.33. The Hall–Kier alpha value is -0.810. The second-order valence-corrected chi connectivity index (χ2v) is 8.88. The topological polar surface area (TPSA) is 64.8 Å². The van der Waals surface area contributed by atoms with E-state index in [0.29, 0.717) is 19.0 Å². The molecule has 1 saturated heterocycles. The summed E-state index contributed by atoms with van der Waals surface area (Å²) in [6.45, 7) is 14.8. The van der Waals surface area contributed by atoms with Gasteiger partial charge in [0, 0.05) is 32.3 Å². The summed E-state index contributed by atoms with van der Waals surface area (Å²) < 4.78 is 11.2. The van der Waals surface area contributed by atoms with E-state index in [4.69, 9.17) is 15.2 Å². The molecule has 0 bridgehead atoms. The third-order valence-electron chi connectivity index (χ3n) is 3.85. The molecule has 1 aliphatic heterocycles. The Morgan fingerprint density at radius 2 is 1.96 bits per heavy atom. The molecule has 136 valence electrons. The van der Waals surface area contributed by atoms with Gasteiger partial charge in [0.15, 0.2) is 0 Å². The van der Waals surface area contributed by atoms with Gasteiger partial charge in [-0.05, 0) is 51.4 Å². The Morgan fingerprint density at radius 3 is 2.39 bits per heavy atom. The smallest absolute Gasteiger partial charge is 0.410 e. The van der Waals surface area contributed by atoms with E-state index in [1.165, 1.54) is 0 Å². The molecule has 2 N–H and O–H groups in total. The largest absolute Gasteiger partial charge is 0.444 e. The molecule has 1 aliphatic rings. The summed E-state index contributed by atoms with van der Waals surface area (Å²) in [6, 6.07) is -0.00391. The Bertz CT molecular complexity index is 365. The number of ether oxygens (including phenoxy) is 2. The van der Waals surface area contributed by atoms with Gasteiger partial charge in [0.25, 0.3) is 0 Å². The van der Waals surface area contributed by atoms with Crippen molar-refractivity contribution in [2.24, 2.45) is 17.1 Å². The molecule has 0 unspecified atom stereocenters. The van der Waals surface area contributed by atoms with E-state index < -0.39 is 5.60 Å². The molecule has 0 aromatic heterocycles. The molecule has 0 aromatic rings. The number of carbonyl (C=O) groups is 1. The van der Waals surface area contributed by atoms with Crippen LogP contribution in [0.4, 0.5) is 4.79 Å². The van der Waals surface area contributed by atoms with E-state index in [0.717, 1.165) is 32.5 Å². The van der Waals surface area contributed by atoms with Gasteiger partial charge in [0.2, 0.25) is 0 Å². The highest BCUT2D eigenvalue weighted by molar-refractivity contribution is 5.68. The van der Waals surface area contributed by atoms with Crippen molar-refractivity contribution in [1.82, 2.24) is 4.90 Å². The first-order valence-corrected chi connectivity index (χ1v) is 8.79. The fourth-order valence-electron chi connectivity index (χ4n) is 2.90. The summed E-state index contributed by atoms with van der Waals surface area (Å²) >= 11 is 0. The molecule has 1 amide bonds. The van der Waals surface area contributed by atoms with E-state index in [1.54, 1.807) is 0 Å². The van der Waals surface area contributed by atoms with Crippen LogP contribution in [0.15, 0.2) is 0 Å². The minimum Gasteiger partial charge on any atom is -0.444 e. The van der Waals surface area contributed by atoms with Crippen LogP contribution >= 0.6 is 0 Å². The van der Waals surface area contributed by atoms with Gasteiger partial charge in [-0.2, -0.15) is 0 Å². The summed E-state index contributed by atoms with van der Waals surface area (Å²) in [5.41, 5.74) is 5.51. The van der Waals surface area contributed by atoms with E-state index in [9.17, 15) is 4.79 Å². The van der Waals surface area contributed by atoms with Gasteiger partial charge < -0.3 is 20.1 Å². The van der Waals surface area contributed by atoms with Gasteiger partial charge in [0.1, 0.15) is 5.60 Å². The molecule has 0 saturated carbocycles. The maximum absolute atomic E-state index is 12.7. The molecule has 0 aliphatic carbocycles. The highest BCUT2D eigenvalue weighted by Crippen LogP contribution is 2.25. The van der Waals surface area contributed by atoms with Gasteiger partial charge in [-0.1, -0.05) is 20.8 Å². The van der Waals surface area contributed by atoms with Crippen LogP contribution in [0.25, 0.3) is 0 Å². The SMILES string of the molecule is CC(C)(C)CN(C(=O)OC(C)(C)C)[C@@H](CN)C[C@@H]1CCCOC1. The lowest BCUT2D eigenvalue weighted by Gasteiger charge is -2.38. The first kappa shape index (κ1) is 20.2. The average Bonchev–Trinajstić information content (AvgIpc) is 2.40. The van der Waals surface area contributed by atoms with Gasteiger partial charge in [0.05, 0.1) is 0 Å². The van der Waals surface area contributed by atoms with Crippen LogP contribution in [0, 0.1) is 11.3 Å². The van der Waals surface area contributed by atoms with E-state index >= 15 is 0 Å². The molecule has 5 nitrogen and oxygen atoms in total. The van der Waals surface area contributed by atoms with E-state index in [1.807, 2.05) is 25.7 Å². The maximum atomic E-state index is 12.7. The van der Waals surface area contributed by atoms with Crippen LogP contribution in [-0.2, 0) is 9.47 Å². The zero-order chi connectivity index (χ0) is 17.7. The highest BCUT2D eigenvalue weighted by atomic mass is 16.6. The van der Waals surface area contributed by atoms with Gasteiger partial charge >= 0.3 is 6.09 Å². The van der Waals surface area contributed by atoms with Crippen molar-refractivity contribution in [3.8, 4) is 0 Å². The third-order valence-corrected chi connectivity index (χ3v) is 3.85. The normalized spacial score (nSPS) is 20.9. The maximum Gasteiger partial charge on any atom is 0.410 e. The Morgan fingerprint density at radius 1 is 1.30 bits per heavy atom. The second-order valence-electron chi connectivity index (χ2n) is 8.88. The Labute approximate surface area is 141 Å². The first-order chi connectivity index (χ1) is 10.5. The summed E-state index contributed by atoms with van der Waals surface area (Å²) in [5.74, 6) is 0.474. The molecule has 23 heavy (non-hydrogen) atoms. The van der Waals surface area contributed by atoms with Crippen molar-refractivity contribution < 1.29 is 14.3 Å². The van der Waals surface area contributed by atoms with Gasteiger partial charge in [-0.15, -0.1) is 0 Å². The van der Waals surface area contributed by atoms with Crippen LogP contribution in [-0.4, -0.2) is 48.9 Å². The molecular weight excluding hydrogens is 292 g/mol. The number of hydrogen-bond donors (Lipinski definition) is 1. The van der Waals surface area contributed by atoms with Crippen LogP contribution in [0.3, 0.4) is 0 Å². The van der Waals surface area contributed by atoms with Crippen molar-refractivity contribution in [2.45, 2.75) is 72.4 Å². The molecule has 0 aromatic carbocycles. The lowest BCUT2D eigenvalue weighted by atomic mass is 9.91. The van der Waals surface area contributed by atoms with Crippen molar-refractivity contribution in [3.63, 3.8) is 0 Å². The summed E-state index contributed by atoms with van der Waals surface area (Å²) in [4.78, 5) is 14.5. The second kappa shape index (κ2) is 8.34. The molecule has 0 spiro atoms. The number of amides is 1. The van der Waals surface area contributed by atoms with Crippen LogP contribution in [0.2, 0.25) is 0 Å². The monoisotopic (exact) mass is 328 g/mol. The zero-order valence-electron chi connectivity index (χ0n) is 15.9. The molecular formula is C18H36N2O3. The fourth-order valence-corrected chi connectivity index (χ4v) is 2.90. The van der Waals surface area contributed by atoms with Gasteiger partial charge in [-0.3, -0.25) is 0 Å². The predicted octanol–water partition coefficient (Wildman–Crippen LogP) is 3.41. The lowest BCUT2D eigenvalue weighted by molar-refractivity contribution is -0.00112. The number of hydrogen-bond acceptors (Lipinski definition) is 4. The first-order valence-electron chi connectivity index (χ1n) is 8.79. The minimum atomic E-state index is -0.500. The molecule has 5 heteroatoms.